The molecule has 0 aromatic rings. The van der Waals surface area contributed by atoms with Crippen LogP contribution in [0.1, 0.15) is 20.3 Å². The van der Waals surface area contributed by atoms with Crippen molar-refractivity contribution in [1.29, 1.82) is 0 Å². The second-order valence-electron chi connectivity index (χ2n) is 3.03. The molecule has 0 aliphatic heterocycles. The number of carbonyl (C=O) groups excluding carboxylic acids is 1. The highest BCUT2D eigenvalue weighted by atomic mass is 28.2. The first-order chi connectivity index (χ1) is 6.51. The van der Waals surface area contributed by atoms with Gasteiger partial charge >= 0.3 is 5.97 Å². The van der Waals surface area contributed by atoms with Gasteiger partial charge in [-0.3, -0.25) is 0 Å². The molecule has 5 heteroatoms. The van der Waals surface area contributed by atoms with Crippen molar-refractivity contribution >= 4 is 15.7 Å². The van der Waals surface area contributed by atoms with Gasteiger partial charge < -0.3 is 13.9 Å². The fourth-order valence-electron chi connectivity index (χ4n) is 0.891. The predicted molar refractivity (Wildman–Crippen MR) is 56.5 cm³/mol. The molecule has 0 aliphatic rings. The summed E-state index contributed by atoms with van der Waals surface area (Å²) >= 11 is 0. The van der Waals surface area contributed by atoms with Crippen LogP contribution in [0.15, 0.2) is 12.2 Å². The molecule has 0 saturated heterocycles. The second-order valence-corrected chi connectivity index (χ2v) is 4.68. The minimum Gasteiger partial charge on any atom is -0.516 e. The largest absolute Gasteiger partial charge is 0.516 e. The van der Waals surface area contributed by atoms with Crippen LogP contribution in [0.3, 0.4) is 0 Å². The molecule has 0 bridgehead atoms. The number of ether oxygens (including phenoxy) is 2. The number of methoxy groups -OCH3 is 2. The van der Waals surface area contributed by atoms with E-state index < -0.39 is 15.2 Å². The Hall–Kier alpha value is -0.653. The second kappa shape index (κ2) is 5.95. The highest BCUT2D eigenvalue weighted by Crippen LogP contribution is 2.14. The first-order valence-corrected chi connectivity index (χ1v) is 5.72. The lowest BCUT2D eigenvalue weighted by Gasteiger charge is -2.28. The maximum atomic E-state index is 11.1. The lowest BCUT2D eigenvalue weighted by atomic mass is 10.4. The first-order valence-electron chi connectivity index (χ1n) is 4.44. The molecular weight excluding hydrogens is 200 g/mol. The summed E-state index contributed by atoms with van der Waals surface area (Å²) in [6.07, 6.45) is 0.662. The summed E-state index contributed by atoms with van der Waals surface area (Å²) in [4.78, 5) is 11.1. The smallest absolute Gasteiger partial charge is 0.319 e. The summed E-state index contributed by atoms with van der Waals surface area (Å²) in [6.45, 7) is 7.04. The summed E-state index contributed by atoms with van der Waals surface area (Å²) in [5.41, 5.74) is -0.305. The fourth-order valence-corrected chi connectivity index (χ4v) is 1.93. The molecule has 0 amide bonds. The Labute approximate surface area is 87.2 Å². The number of hydrogen-bond acceptors (Lipinski definition) is 4. The zero-order valence-corrected chi connectivity index (χ0v) is 10.7. The lowest BCUT2D eigenvalue weighted by Crippen LogP contribution is -2.42. The Kier molecular flexibility index (Phi) is 5.67. The molecule has 0 radical (unpaired) electrons. The number of rotatable bonds is 6. The summed E-state index contributed by atoms with van der Waals surface area (Å²) in [6, 6.07) is 0. The van der Waals surface area contributed by atoms with Gasteiger partial charge in [0.1, 0.15) is 0 Å². The van der Waals surface area contributed by atoms with E-state index in [0.29, 0.717) is 12.0 Å². The minimum absolute atomic E-state index is 0.372. The normalized spacial score (nSPS) is 12.0. The van der Waals surface area contributed by atoms with E-state index in [-0.39, 0.29) is 5.97 Å². The van der Waals surface area contributed by atoms with E-state index in [1.807, 2.05) is 6.92 Å². The van der Waals surface area contributed by atoms with E-state index in [2.05, 4.69) is 6.58 Å². The SMILES string of the molecule is C=C(C)C(=O)O[SiH2]C(CC)(OC)OC. The molecule has 0 aliphatic carbocycles. The van der Waals surface area contributed by atoms with E-state index >= 15 is 0 Å². The van der Waals surface area contributed by atoms with E-state index in [4.69, 9.17) is 13.9 Å². The summed E-state index contributed by atoms with van der Waals surface area (Å²) in [7, 11) is 1.87. The molecule has 0 saturated carbocycles. The van der Waals surface area contributed by atoms with Crippen LogP contribution in [0.25, 0.3) is 0 Å². The molecule has 82 valence electrons. The maximum Gasteiger partial charge on any atom is 0.319 e. The van der Waals surface area contributed by atoms with Crippen molar-refractivity contribution in [3.8, 4) is 0 Å². The van der Waals surface area contributed by atoms with Gasteiger partial charge in [-0.2, -0.15) is 0 Å². The van der Waals surface area contributed by atoms with Crippen LogP contribution >= 0.6 is 0 Å². The molecule has 0 unspecified atom stereocenters. The van der Waals surface area contributed by atoms with Crippen LogP contribution < -0.4 is 0 Å². The van der Waals surface area contributed by atoms with Gasteiger partial charge in [-0.05, 0) is 13.3 Å². The summed E-state index contributed by atoms with van der Waals surface area (Å²) < 4.78 is 15.5. The average Bonchev–Trinajstić information content (AvgIpc) is 2.20. The monoisotopic (exact) mass is 218 g/mol. The molecule has 0 aromatic carbocycles. The Morgan fingerprint density at radius 2 is 1.93 bits per heavy atom. The maximum absolute atomic E-state index is 11.1. The Morgan fingerprint density at radius 1 is 1.43 bits per heavy atom. The van der Waals surface area contributed by atoms with Crippen molar-refractivity contribution in [2.45, 2.75) is 25.7 Å². The Bertz CT molecular complexity index is 203. The third kappa shape index (κ3) is 3.61. The molecule has 0 heterocycles. The van der Waals surface area contributed by atoms with E-state index in [1.54, 1.807) is 21.1 Å². The first kappa shape index (κ1) is 13.3. The van der Waals surface area contributed by atoms with Gasteiger partial charge in [-0.15, -0.1) is 0 Å². The lowest BCUT2D eigenvalue weighted by molar-refractivity contribution is -0.158. The molecule has 0 atom stereocenters. The molecule has 4 nitrogen and oxygen atoms in total. The van der Waals surface area contributed by atoms with Gasteiger partial charge in [0.15, 0.2) is 5.41 Å². The van der Waals surface area contributed by atoms with Crippen molar-refractivity contribution in [3.63, 3.8) is 0 Å². The van der Waals surface area contributed by atoms with Crippen LogP contribution in [0.5, 0.6) is 0 Å². The number of carbonyl (C=O) groups is 1. The zero-order chi connectivity index (χ0) is 11.2. The molecular formula is C9H18O4Si. The van der Waals surface area contributed by atoms with Gasteiger partial charge in [0, 0.05) is 19.8 Å². The molecule has 14 heavy (non-hydrogen) atoms. The zero-order valence-electron chi connectivity index (χ0n) is 9.25. The van der Waals surface area contributed by atoms with Crippen LogP contribution in [0.2, 0.25) is 0 Å². The van der Waals surface area contributed by atoms with Crippen LogP contribution in [-0.4, -0.2) is 35.4 Å². The topological polar surface area (TPSA) is 44.8 Å². The molecule has 0 N–H and O–H groups in total. The van der Waals surface area contributed by atoms with Gasteiger partial charge in [0.25, 0.3) is 9.76 Å². The van der Waals surface area contributed by atoms with Crippen molar-refractivity contribution in [3.05, 3.63) is 12.2 Å². The summed E-state index contributed by atoms with van der Waals surface area (Å²) in [5, 5.41) is 0. The average molecular weight is 218 g/mol. The Balaban J connectivity index is 4.19. The Morgan fingerprint density at radius 3 is 2.21 bits per heavy atom. The number of hydrogen-bond donors (Lipinski definition) is 0. The molecule has 0 fully saturated rings. The van der Waals surface area contributed by atoms with Crippen LogP contribution in [0, 0.1) is 0 Å². The van der Waals surface area contributed by atoms with E-state index in [9.17, 15) is 4.79 Å². The molecule has 0 spiro atoms. The highest BCUT2D eigenvalue weighted by Gasteiger charge is 2.30. The third-order valence-corrected chi connectivity index (χ3v) is 3.98. The van der Waals surface area contributed by atoms with Crippen molar-refractivity contribution in [1.82, 2.24) is 0 Å². The molecule has 0 aromatic heterocycles. The van der Waals surface area contributed by atoms with Crippen LogP contribution in [-0.2, 0) is 18.7 Å². The quantitative estimate of drug-likeness (QED) is 0.371. The molecule has 0 rings (SSSR count). The van der Waals surface area contributed by atoms with Gasteiger partial charge in [0.05, 0.1) is 0 Å². The van der Waals surface area contributed by atoms with Crippen molar-refractivity contribution in [2.24, 2.45) is 0 Å². The van der Waals surface area contributed by atoms with Crippen LogP contribution in [0.4, 0.5) is 0 Å². The highest BCUT2D eigenvalue weighted by molar-refractivity contribution is 6.34. The van der Waals surface area contributed by atoms with E-state index in [0.717, 1.165) is 0 Å². The minimum atomic E-state index is -1.23. The van der Waals surface area contributed by atoms with Gasteiger partial charge in [-0.25, -0.2) is 4.79 Å². The van der Waals surface area contributed by atoms with Gasteiger partial charge in [0.2, 0.25) is 0 Å². The van der Waals surface area contributed by atoms with E-state index in [1.165, 1.54) is 0 Å². The fraction of sp³-hybridized carbons (Fsp3) is 0.667. The predicted octanol–water partition coefficient (Wildman–Crippen LogP) is 0.546. The van der Waals surface area contributed by atoms with Crippen molar-refractivity contribution in [2.75, 3.05) is 14.2 Å². The third-order valence-electron chi connectivity index (χ3n) is 2.05. The summed E-state index contributed by atoms with van der Waals surface area (Å²) in [5.74, 6) is -0.372. The van der Waals surface area contributed by atoms with Gasteiger partial charge in [-0.1, -0.05) is 13.5 Å². The van der Waals surface area contributed by atoms with Crippen molar-refractivity contribution < 1.29 is 18.7 Å². The standard InChI is InChI=1S/C9H18O4Si/c1-6-9(11-4,12-5)14-13-8(10)7(2)3/h2,6,14H2,1,3-5H3.